The molecule has 1 atom stereocenters. The van der Waals surface area contributed by atoms with Crippen LogP contribution in [0, 0.1) is 5.92 Å². The number of benzene rings is 1. The lowest BCUT2D eigenvalue weighted by Crippen LogP contribution is -2.34. The molecule has 9 heteroatoms. The molecule has 152 valence electrons. The van der Waals surface area contributed by atoms with E-state index in [4.69, 9.17) is 4.74 Å². The lowest BCUT2D eigenvalue weighted by atomic mass is 10.0. The lowest BCUT2D eigenvalue weighted by molar-refractivity contribution is 0.0948. The number of amides is 1. The van der Waals surface area contributed by atoms with Gasteiger partial charge in [-0.2, -0.15) is 4.52 Å². The monoisotopic (exact) mass is 413 g/mol. The second-order valence-corrected chi connectivity index (χ2v) is 8.21. The highest BCUT2D eigenvalue weighted by atomic mass is 32.1. The molecule has 1 fully saturated rings. The van der Waals surface area contributed by atoms with Crippen LogP contribution >= 0.6 is 11.3 Å². The molecule has 1 aliphatic rings. The zero-order valence-corrected chi connectivity index (χ0v) is 17.2. The zero-order valence-electron chi connectivity index (χ0n) is 16.4. The summed E-state index contributed by atoms with van der Waals surface area (Å²) >= 11 is 1.38. The summed E-state index contributed by atoms with van der Waals surface area (Å²) in [6.07, 6.45) is 3.65. The van der Waals surface area contributed by atoms with Crippen LogP contribution in [0.3, 0.4) is 0 Å². The van der Waals surface area contributed by atoms with E-state index in [0.29, 0.717) is 17.4 Å². The van der Waals surface area contributed by atoms with Crippen molar-refractivity contribution in [2.45, 2.75) is 26.3 Å². The fourth-order valence-electron chi connectivity index (χ4n) is 3.44. The topological polar surface area (TPSA) is 88.8 Å². The number of anilines is 1. The molecule has 1 aliphatic heterocycles. The lowest BCUT2D eigenvalue weighted by Gasteiger charge is -2.30. The van der Waals surface area contributed by atoms with Gasteiger partial charge in [-0.3, -0.25) is 9.59 Å². The van der Waals surface area contributed by atoms with E-state index in [1.165, 1.54) is 28.5 Å². The molecule has 0 saturated carbocycles. The number of ether oxygens (including phenoxy) is 1. The van der Waals surface area contributed by atoms with Gasteiger partial charge in [-0.25, -0.2) is 4.98 Å². The Morgan fingerprint density at radius 3 is 2.86 bits per heavy atom. The molecule has 0 spiro atoms. The summed E-state index contributed by atoms with van der Waals surface area (Å²) in [6, 6.07) is 7.37. The van der Waals surface area contributed by atoms with Gasteiger partial charge in [0.2, 0.25) is 10.1 Å². The Kier molecular flexibility index (Phi) is 5.48. The molecule has 0 radical (unpaired) electrons. The van der Waals surface area contributed by atoms with Crippen molar-refractivity contribution in [2.24, 2.45) is 5.92 Å². The van der Waals surface area contributed by atoms with Crippen LogP contribution in [-0.4, -0.2) is 40.7 Å². The highest BCUT2D eigenvalue weighted by Crippen LogP contribution is 2.26. The van der Waals surface area contributed by atoms with Crippen LogP contribution in [0.25, 0.3) is 4.96 Å². The number of fused-ring (bicyclic) bond motifs is 1. The fraction of sp³-hybridized carbons (Fsp3) is 0.400. The van der Waals surface area contributed by atoms with E-state index in [0.717, 1.165) is 36.0 Å². The number of aromatic nitrogens is 3. The molecule has 3 aromatic rings. The SMILES string of the molecule is COc1ccc(CNC(=O)c2cnc3sc(N4CCCC(C)C4)nn3c2=O)cc1. The van der Waals surface area contributed by atoms with Crippen LogP contribution < -0.4 is 20.5 Å². The summed E-state index contributed by atoms with van der Waals surface area (Å²) in [5, 5.41) is 7.98. The Balaban J connectivity index is 1.51. The maximum absolute atomic E-state index is 12.8. The van der Waals surface area contributed by atoms with Crippen molar-refractivity contribution < 1.29 is 9.53 Å². The molecule has 2 aromatic heterocycles. The van der Waals surface area contributed by atoms with Gasteiger partial charge in [0, 0.05) is 25.8 Å². The number of hydrogen-bond acceptors (Lipinski definition) is 7. The molecule has 0 aliphatic carbocycles. The van der Waals surface area contributed by atoms with Gasteiger partial charge in [0.05, 0.1) is 7.11 Å². The Bertz CT molecular complexity index is 1080. The van der Waals surface area contributed by atoms with E-state index in [1.54, 1.807) is 7.11 Å². The Labute approximate surface area is 172 Å². The molecule has 3 heterocycles. The van der Waals surface area contributed by atoms with E-state index in [1.807, 2.05) is 24.3 Å². The van der Waals surface area contributed by atoms with Gasteiger partial charge in [-0.1, -0.05) is 30.4 Å². The minimum atomic E-state index is -0.464. The Morgan fingerprint density at radius 1 is 1.34 bits per heavy atom. The number of rotatable bonds is 5. The first-order chi connectivity index (χ1) is 14.0. The number of carbonyl (C=O) groups is 1. The van der Waals surface area contributed by atoms with Gasteiger partial charge < -0.3 is 15.0 Å². The molecule has 1 amide bonds. The van der Waals surface area contributed by atoms with Crippen molar-refractivity contribution in [3.8, 4) is 5.75 Å². The first-order valence-corrected chi connectivity index (χ1v) is 10.4. The Hall–Kier alpha value is -2.94. The average molecular weight is 414 g/mol. The van der Waals surface area contributed by atoms with Crippen molar-refractivity contribution in [2.75, 3.05) is 25.1 Å². The third-order valence-electron chi connectivity index (χ3n) is 5.06. The molecular formula is C20H23N5O3S. The minimum Gasteiger partial charge on any atom is -0.497 e. The predicted molar refractivity (Wildman–Crippen MR) is 112 cm³/mol. The normalized spacial score (nSPS) is 16.8. The summed E-state index contributed by atoms with van der Waals surface area (Å²) in [4.78, 5) is 32.3. The van der Waals surface area contributed by atoms with Crippen LogP contribution in [0.4, 0.5) is 5.13 Å². The van der Waals surface area contributed by atoms with Crippen LogP contribution in [0.5, 0.6) is 5.75 Å². The molecular weight excluding hydrogens is 390 g/mol. The van der Waals surface area contributed by atoms with Gasteiger partial charge >= 0.3 is 0 Å². The van der Waals surface area contributed by atoms with Crippen LogP contribution in [-0.2, 0) is 6.54 Å². The summed E-state index contributed by atoms with van der Waals surface area (Å²) in [6.45, 7) is 4.37. The smallest absolute Gasteiger partial charge is 0.288 e. The van der Waals surface area contributed by atoms with Crippen LogP contribution in [0.1, 0.15) is 35.7 Å². The molecule has 1 unspecified atom stereocenters. The molecule has 4 rings (SSSR count). The molecule has 8 nitrogen and oxygen atoms in total. The van der Waals surface area contributed by atoms with Gasteiger partial charge in [-0.05, 0) is 36.5 Å². The van der Waals surface area contributed by atoms with Gasteiger partial charge in [0.1, 0.15) is 11.3 Å². The van der Waals surface area contributed by atoms with Gasteiger partial charge in [0.25, 0.3) is 11.5 Å². The third kappa shape index (κ3) is 4.09. The molecule has 29 heavy (non-hydrogen) atoms. The van der Waals surface area contributed by atoms with Crippen molar-refractivity contribution >= 4 is 27.3 Å². The summed E-state index contributed by atoms with van der Waals surface area (Å²) in [5.41, 5.74) is 0.443. The molecule has 1 aromatic carbocycles. The molecule has 1 saturated heterocycles. The zero-order chi connectivity index (χ0) is 20.4. The van der Waals surface area contributed by atoms with Crippen LogP contribution in [0.2, 0.25) is 0 Å². The number of methoxy groups -OCH3 is 1. The van der Waals surface area contributed by atoms with E-state index < -0.39 is 11.5 Å². The summed E-state index contributed by atoms with van der Waals surface area (Å²) in [5.74, 6) is 0.879. The van der Waals surface area contributed by atoms with E-state index in [-0.39, 0.29) is 5.56 Å². The molecule has 1 N–H and O–H groups in total. The number of hydrogen-bond donors (Lipinski definition) is 1. The van der Waals surface area contributed by atoms with Crippen molar-refractivity contribution in [3.05, 3.63) is 51.9 Å². The number of nitrogens with zero attached hydrogens (tertiary/aromatic N) is 4. The largest absolute Gasteiger partial charge is 0.497 e. The Morgan fingerprint density at radius 2 is 2.14 bits per heavy atom. The van der Waals surface area contributed by atoms with E-state index >= 15 is 0 Å². The van der Waals surface area contributed by atoms with Crippen molar-refractivity contribution in [1.82, 2.24) is 19.9 Å². The predicted octanol–water partition coefficient (Wildman–Crippen LogP) is 2.33. The summed E-state index contributed by atoms with van der Waals surface area (Å²) < 4.78 is 6.36. The number of carbonyl (C=O) groups excluding carboxylic acids is 1. The standard InChI is InChI=1S/C20H23N5O3S/c1-13-4-3-9-24(12-13)20-23-25-18(27)16(11-22-19(25)29-20)17(26)21-10-14-5-7-15(28-2)8-6-14/h5-8,11,13H,3-4,9-10,12H2,1-2H3,(H,21,26). The number of nitrogens with one attached hydrogen (secondary N) is 1. The highest BCUT2D eigenvalue weighted by molar-refractivity contribution is 7.20. The van der Waals surface area contributed by atoms with E-state index in [2.05, 4.69) is 27.2 Å². The second-order valence-electron chi connectivity index (χ2n) is 7.28. The molecule has 0 bridgehead atoms. The van der Waals surface area contributed by atoms with Gasteiger partial charge in [0.15, 0.2) is 0 Å². The van der Waals surface area contributed by atoms with Crippen molar-refractivity contribution in [1.29, 1.82) is 0 Å². The third-order valence-corrected chi connectivity index (χ3v) is 6.04. The van der Waals surface area contributed by atoms with Crippen molar-refractivity contribution in [3.63, 3.8) is 0 Å². The second kappa shape index (κ2) is 8.20. The maximum atomic E-state index is 12.8. The summed E-state index contributed by atoms with van der Waals surface area (Å²) in [7, 11) is 1.60. The maximum Gasteiger partial charge on any atom is 0.288 e. The minimum absolute atomic E-state index is 0.0140. The fourth-order valence-corrected chi connectivity index (χ4v) is 4.34. The first kappa shape index (κ1) is 19.4. The van der Waals surface area contributed by atoms with Crippen LogP contribution in [0.15, 0.2) is 35.3 Å². The average Bonchev–Trinajstić information content (AvgIpc) is 3.18. The number of piperidine rings is 1. The van der Waals surface area contributed by atoms with Gasteiger partial charge in [-0.15, -0.1) is 5.10 Å². The highest BCUT2D eigenvalue weighted by Gasteiger charge is 2.22. The van der Waals surface area contributed by atoms with E-state index in [9.17, 15) is 9.59 Å². The first-order valence-electron chi connectivity index (χ1n) is 9.60. The quantitative estimate of drug-likeness (QED) is 0.691.